The molecule has 0 spiro atoms. The van der Waals surface area contributed by atoms with Gasteiger partial charge in [0.05, 0.1) is 0 Å². The van der Waals surface area contributed by atoms with E-state index in [0.29, 0.717) is 6.42 Å². The summed E-state index contributed by atoms with van der Waals surface area (Å²) < 4.78 is 2.28. The normalized spacial score (nSPS) is 10.2. The lowest BCUT2D eigenvalue weighted by molar-refractivity contribution is 0.0993. The van der Waals surface area contributed by atoms with E-state index in [1.807, 2.05) is 48.5 Å². The second kappa shape index (κ2) is 5.95. The van der Waals surface area contributed by atoms with Crippen molar-refractivity contribution >= 4 is 51.0 Å². The number of hydrogen-bond acceptors (Lipinski definition) is 1. The molecule has 2 rings (SSSR count). The Bertz CT molecular complexity index is 532. The first-order valence-corrected chi connectivity index (χ1v) is 7.34. The molecule has 0 fully saturated rings. The standard InChI is InChI=1S/C14H10I2O/c15-12-6-4-10(5-7-12)8-14(17)11-2-1-3-13(16)9-11/h1-7,9H,8H2. The third kappa shape index (κ3) is 3.77. The maximum Gasteiger partial charge on any atom is 0.167 e. The Hall–Kier alpha value is -0.430. The second-order valence-corrected chi connectivity index (χ2v) is 6.23. The Morgan fingerprint density at radius 2 is 1.65 bits per heavy atom. The van der Waals surface area contributed by atoms with Crippen LogP contribution in [0.25, 0.3) is 0 Å². The van der Waals surface area contributed by atoms with Crippen LogP contribution in [-0.4, -0.2) is 5.78 Å². The van der Waals surface area contributed by atoms with Gasteiger partial charge in [0, 0.05) is 19.1 Å². The summed E-state index contributed by atoms with van der Waals surface area (Å²) >= 11 is 4.48. The fourth-order valence-electron chi connectivity index (χ4n) is 1.55. The highest BCUT2D eigenvalue weighted by Gasteiger charge is 2.07. The van der Waals surface area contributed by atoms with Gasteiger partial charge < -0.3 is 0 Å². The third-order valence-corrected chi connectivity index (χ3v) is 3.81. The first-order valence-electron chi connectivity index (χ1n) is 5.18. The van der Waals surface area contributed by atoms with Gasteiger partial charge in [0.1, 0.15) is 0 Å². The number of rotatable bonds is 3. The molecule has 3 heteroatoms. The number of benzene rings is 2. The Kier molecular flexibility index (Phi) is 4.55. The Morgan fingerprint density at radius 3 is 2.29 bits per heavy atom. The predicted molar refractivity (Wildman–Crippen MR) is 86.4 cm³/mol. The molecule has 0 aliphatic carbocycles. The molecule has 17 heavy (non-hydrogen) atoms. The van der Waals surface area contributed by atoms with Crippen molar-refractivity contribution in [1.82, 2.24) is 0 Å². The van der Waals surface area contributed by atoms with Gasteiger partial charge in [-0.1, -0.05) is 24.3 Å². The number of ketones is 1. The van der Waals surface area contributed by atoms with Crippen molar-refractivity contribution in [2.75, 3.05) is 0 Å². The fraction of sp³-hybridized carbons (Fsp3) is 0.0714. The van der Waals surface area contributed by atoms with Crippen molar-refractivity contribution < 1.29 is 4.79 Å². The van der Waals surface area contributed by atoms with Gasteiger partial charge in [-0.25, -0.2) is 0 Å². The van der Waals surface area contributed by atoms with Crippen LogP contribution in [0.2, 0.25) is 0 Å². The Balaban J connectivity index is 2.14. The third-order valence-electron chi connectivity index (χ3n) is 2.42. The lowest BCUT2D eigenvalue weighted by Crippen LogP contribution is -2.03. The van der Waals surface area contributed by atoms with Crippen LogP contribution < -0.4 is 0 Å². The number of halogens is 2. The lowest BCUT2D eigenvalue weighted by atomic mass is 10.0. The van der Waals surface area contributed by atoms with Crippen LogP contribution in [0.3, 0.4) is 0 Å². The van der Waals surface area contributed by atoms with Crippen LogP contribution >= 0.6 is 45.2 Å². The van der Waals surface area contributed by atoms with Crippen LogP contribution in [0.4, 0.5) is 0 Å². The zero-order valence-electron chi connectivity index (χ0n) is 8.99. The molecular weight excluding hydrogens is 438 g/mol. The molecule has 0 radical (unpaired) electrons. The zero-order valence-corrected chi connectivity index (χ0v) is 13.3. The lowest BCUT2D eigenvalue weighted by Gasteiger charge is -2.02. The fourth-order valence-corrected chi connectivity index (χ4v) is 2.45. The molecule has 0 saturated heterocycles. The topological polar surface area (TPSA) is 17.1 Å². The Labute approximate surface area is 128 Å². The van der Waals surface area contributed by atoms with Gasteiger partial charge in [-0.2, -0.15) is 0 Å². The number of carbonyl (C=O) groups is 1. The second-order valence-electron chi connectivity index (χ2n) is 3.74. The van der Waals surface area contributed by atoms with E-state index in [2.05, 4.69) is 45.2 Å². The summed E-state index contributed by atoms with van der Waals surface area (Å²) in [6.45, 7) is 0. The van der Waals surface area contributed by atoms with Gasteiger partial charge in [0.25, 0.3) is 0 Å². The summed E-state index contributed by atoms with van der Waals surface area (Å²) in [5, 5.41) is 0. The summed E-state index contributed by atoms with van der Waals surface area (Å²) in [6, 6.07) is 15.8. The molecule has 2 aromatic rings. The van der Waals surface area contributed by atoms with Gasteiger partial charge in [-0.05, 0) is 75.0 Å². The molecule has 0 amide bonds. The van der Waals surface area contributed by atoms with E-state index < -0.39 is 0 Å². The molecule has 0 saturated carbocycles. The van der Waals surface area contributed by atoms with Gasteiger partial charge in [-0.3, -0.25) is 4.79 Å². The molecule has 0 aliphatic rings. The average molecular weight is 448 g/mol. The van der Waals surface area contributed by atoms with Gasteiger partial charge in [0.2, 0.25) is 0 Å². The summed E-state index contributed by atoms with van der Waals surface area (Å²) in [7, 11) is 0. The smallest absolute Gasteiger partial charge is 0.167 e. The monoisotopic (exact) mass is 448 g/mol. The molecule has 0 heterocycles. The van der Waals surface area contributed by atoms with E-state index >= 15 is 0 Å². The first kappa shape index (κ1) is 13.0. The molecule has 2 aromatic carbocycles. The summed E-state index contributed by atoms with van der Waals surface area (Å²) in [5.74, 6) is 0.171. The van der Waals surface area contributed by atoms with Crippen LogP contribution in [0.15, 0.2) is 48.5 Å². The minimum Gasteiger partial charge on any atom is -0.294 e. The highest BCUT2D eigenvalue weighted by molar-refractivity contribution is 14.1. The van der Waals surface area contributed by atoms with Crippen molar-refractivity contribution in [1.29, 1.82) is 0 Å². The molecule has 86 valence electrons. The zero-order chi connectivity index (χ0) is 12.3. The van der Waals surface area contributed by atoms with E-state index in [9.17, 15) is 4.79 Å². The van der Waals surface area contributed by atoms with Crippen molar-refractivity contribution in [3.8, 4) is 0 Å². The summed E-state index contributed by atoms with van der Waals surface area (Å²) in [4.78, 5) is 12.0. The molecule has 0 bridgehead atoms. The van der Waals surface area contributed by atoms with Crippen LogP contribution in [0.1, 0.15) is 15.9 Å². The SMILES string of the molecule is O=C(Cc1ccc(I)cc1)c1cccc(I)c1. The van der Waals surface area contributed by atoms with Gasteiger partial charge in [-0.15, -0.1) is 0 Å². The summed E-state index contributed by atoms with van der Waals surface area (Å²) in [6.07, 6.45) is 0.469. The van der Waals surface area contributed by atoms with Gasteiger partial charge >= 0.3 is 0 Å². The van der Waals surface area contributed by atoms with E-state index in [1.54, 1.807) is 0 Å². The maximum absolute atomic E-state index is 12.0. The predicted octanol–water partition coefficient (Wildman–Crippen LogP) is 4.32. The van der Waals surface area contributed by atoms with Crippen LogP contribution in [0.5, 0.6) is 0 Å². The number of Topliss-reactive ketones (excluding diaryl/α,β-unsaturated/α-hetero) is 1. The minimum absolute atomic E-state index is 0.171. The molecule has 0 aromatic heterocycles. The molecule has 0 N–H and O–H groups in total. The Morgan fingerprint density at radius 1 is 0.941 bits per heavy atom. The first-order chi connectivity index (χ1) is 8.15. The molecule has 0 aliphatic heterocycles. The molecule has 0 unspecified atom stereocenters. The number of carbonyl (C=O) groups excluding carboxylic acids is 1. The van der Waals surface area contributed by atoms with Crippen molar-refractivity contribution in [3.63, 3.8) is 0 Å². The molecular formula is C14H10I2O. The van der Waals surface area contributed by atoms with E-state index in [4.69, 9.17) is 0 Å². The van der Waals surface area contributed by atoms with E-state index in [-0.39, 0.29) is 5.78 Å². The molecule has 1 nitrogen and oxygen atoms in total. The van der Waals surface area contributed by atoms with Crippen LogP contribution in [-0.2, 0) is 6.42 Å². The van der Waals surface area contributed by atoms with Crippen molar-refractivity contribution in [2.24, 2.45) is 0 Å². The van der Waals surface area contributed by atoms with E-state index in [1.165, 1.54) is 3.57 Å². The highest BCUT2D eigenvalue weighted by Crippen LogP contribution is 2.12. The minimum atomic E-state index is 0.171. The van der Waals surface area contributed by atoms with E-state index in [0.717, 1.165) is 14.7 Å². The summed E-state index contributed by atoms with van der Waals surface area (Å²) in [5.41, 5.74) is 1.85. The molecule has 0 atom stereocenters. The number of hydrogen-bond donors (Lipinski definition) is 0. The van der Waals surface area contributed by atoms with Crippen molar-refractivity contribution in [2.45, 2.75) is 6.42 Å². The van der Waals surface area contributed by atoms with Crippen LogP contribution in [0, 0.1) is 7.14 Å². The maximum atomic E-state index is 12.0. The van der Waals surface area contributed by atoms with Gasteiger partial charge in [0.15, 0.2) is 5.78 Å². The highest BCUT2D eigenvalue weighted by atomic mass is 127. The average Bonchev–Trinajstić information content (AvgIpc) is 2.32. The quantitative estimate of drug-likeness (QED) is 0.505. The largest absolute Gasteiger partial charge is 0.294 e. The van der Waals surface area contributed by atoms with Crippen molar-refractivity contribution in [3.05, 3.63) is 66.8 Å².